The first-order valence-electron chi connectivity index (χ1n) is 22.7. The topological polar surface area (TPSA) is 134 Å². The standard InChI is InChI=1S/C50H64N2O8S2/c1-31-18-20-34(21-19-31)41-29-38(42(62-41)45(54)55)51-36(32-14-10-8-11-15-32)22-23-40(44(51)53)60-46(56)43-37(28-35(61-43)24-25-48(2,3)4)52-39(33-16-12-9-13-17-33)30-59-50(7,47(52)57)27-26-49(5,6)58/h18-21,28-29,32-33,36,39-40,58H,8-17,22-23,26-27,30H2,1-7H3,(H,54,55)/t36?,39-,40?,50-/m0/s1. The molecule has 10 nitrogen and oxygen atoms in total. The molecule has 2 aliphatic heterocycles. The van der Waals surface area contributed by atoms with Crippen LogP contribution in [0.1, 0.15) is 161 Å². The number of piperidine rings is 1. The number of amides is 2. The quantitative estimate of drug-likeness (QED) is 0.144. The van der Waals surface area contributed by atoms with Gasteiger partial charge in [0.05, 0.1) is 34.5 Å². The van der Waals surface area contributed by atoms with Crippen LogP contribution in [0.4, 0.5) is 11.4 Å². The van der Waals surface area contributed by atoms with Crippen LogP contribution in [0, 0.1) is 36.0 Å². The van der Waals surface area contributed by atoms with E-state index in [-0.39, 0.29) is 58.0 Å². The monoisotopic (exact) mass is 884 g/mol. The molecule has 2 N–H and O–H groups in total. The number of hydrogen-bond acceptors (Lipinski definition) is 9. The largest absolute Gasteiger partial charge is 0.477 e. The van der Waals surface area contributed by atoms with Crippen molar-refractivity contribution in [2.75, 3.05) is 16.4 Å². The molecule has 2 saturated carbocycles. The Labute approximate surface area is 375 Å². The Morgan fingerprint density at radius 2 is 1.45 bits per heavy atom. The highest BCUT2D eigenvalue weighted by Crippen LogP contribution is 2.45. The van der Waals surface area contributed by atoms with Crippen molar-refractivity contribution in [1.29, 1.82) is 0 Å². The Morgan fingerprint density at radius 3 is 2.05 bits per heavy atom. The summed E-state index contributed by atoms with van der Waals surface area (Å²) in [5, 5.41) is 21.2. The number of aryl methyl sites for hydroxylation is 1. The fourth-order valence-corrected chi connectivity index (χ4v) is 11.6. The van der Waals surface area contributed by atoms with Crippen LogP contribution < -0.4 is 9.80 Å². The van der Waals surface area contributed by atoms with Crippen molar-refractivity contribution in [1.82, 2.24) is 0 Å². The number of carboxylic acids is 1. The number of rotatable bonds is 11. The summed E-state index contributed by atoms with van der Waals surface area (Å²) in [7, 11) is 0. The molecule has 2 saturated heterocycles. The molecule has 62 heavy (non-hydrogen) atoms. The van der Waals surface area contributed by atoms with E-state index in [1.165, 1.54) is 11.3 Å². The van der Waals surface area contributed by atoms with Gasteiger partial charge in [-0.1, -0.05) is 80.2 Å². The van der Waals surface area contributed by atoms with E-state index in [4.69, 9.17) is 9.47 Å². The number of aliphatic hydroxyl groups is 1. The van der Waals surface area contributed by atoms with E-state index in [1.807, 2.05) is 64.1 Å². The van der Waals surface area contributed by atoms with Crippen molar-refractivity contribution in [2.24, 2.45) is 17.3 Å². The fraction of sp³-hybridized carbons (Fsp3) is 0.600. The van der Waals surface area contributed by atoms with Gasteiger partial charge >= 0.3 is 11.9 Å². The molecule has 0 bridgehead atoms. The predicted octanol–water partition coefficient (Wildman–Crippen LogP) is 10.8. The summed E-state index contributed by atoms with van der Waals surface area (Å²) >= 11 is 2.32. The van der Waals surface area contributed by atoms with Crippen LogP contribution in [-0.4, -0.2) is 70.0 Å². The molecule has 0 spiro atoms. The molecule has 7 rings (SSSR count). The van der Waals surface area contributed by atoms with Crippen molar-refractivity contribution in [3.8, 4) is 22.3 Å². The molecule has 334 valence electrons. The molecule has 4 fully saturated rings. The van der Waals surface area contributed by atoms with Gasteiger partial charge in [-0.25, -0.2) is 9.59 Å². The normalized spacial score (nSPS) is 24.5. The summed E-state index contributed by atoms with van der Waals surface area (Å²) in [5.41, 5.74) is 0.106. The van der Waals surface area contributed by atoms with E-state index in [9.17, 15) is 24.6 Å². The van der Waals surface area contributed by atoms with Gasteiger partial charge in [0.2, 0.25) is 0 Å². The number of ether oxygens (including phenoxy) is 2. The zero-order chi connectivity index (χ0) is 44.6. The Bertz CT molecular complexity index is 2190. The summed E-state index contributed by atoms with van der Waals surface area (Å²) in [6.07, 6.45) is 10.5. The number of morpholine rings is 1. The molecule has 3 aromatic rings. The molecule has 2 aliphatic carbocycles. The highest BCUT2D eigenvalue weighted by molar-refractivity contribution is 7.18. The Kier molecular flexibility index (Phi) is 13.8. The van der Waals surface area contributed by atoms with Crippen LogP contribution in [0.2, 0.25) is 0 Å². The lowest BCUT2D eigenvalue weighted by Crippen LogP contribution is -2.62. The van der Waals surface area contributed by atoms with Gasteiger partial charge in [-0.15, -0.1) is 22.7 Å². The zero-order valence-electron chi connectivity index (χ0n) is 37.5. The lowest BCUT2D eigenvalue weighted by molar-refractivity contribution is -0.155. The summed E-state index contributed by atoms with van der Waals surface area (Å²) in [5.74, 6) is 4.37. The van der Waals surface area contributed by atoms with Crippen molar-refractivity contribution in [3.63, 3.8) is 0 Å². The minimum atomic E-state index is -1.25. The molecular formula is C50H64N2O8S2. The molecule has 4 aliphatic rings. The number of benzene rings is 1. The summed E-state index contributed by atoms with van der Waals surface area (Å²) in [6.45, 7) is 13.5. The summed E-state index contributed by atoms with van der Waals surface area (Å²) in [6, 6.07) is 11.0. The fourth-order valence-electron chi connectivity index (χ4n) is 9.73. The van der Waals surface area contributed by atoms with Crippen LogP contribution in [0.5, 0.6) is 0 Å². The second-order valence-electron chi connectivity index (χ2n) is 20.0. The molecule has 4 heterocycles. The molecule has 12 heteroatoms. The molecule has 0 radical (unpaired) electrons. The maximum absolute atomic E-state index is 15.0. The number of carbonyl (C=O) groups is 4. The van der Waals surface area contributed by atoms with Crippen molar-refractivity contribution < 1.29 is 38.9 Å². The Morgan fingerprint density at radius 1 is 0.839 bits per heavy atom. The zero-order valence-corrected chi connectivity index (χ0v) is 39.1. The average molecular weight is 885 g/mol. The maximum Gasteiger partial charge on any atom is 0.351 e. The van der Waals surface area contributed by atoms with E-state index in [2.05, 4.69) is 11.8 Å². The highest BCUT2D eigenvalue weighted by atomic mass is 32.1. The lowest BCUT2D eigenvalue weighted by atomic mass is 9.79. The SMILES string of the molecule is Cc1ccc(-c2cc(N3C(=O)C(OC(=O)c4sc(C#CC(C)(C)C)cc4N4C(=O)[C@](C)(CCC(C)(C)O)OC[C@H]4C4CCCCC4)CCC3C3CCCCC3)c(C(=O)O)s2)cc1. The summed E-state index contributed by atoms with van der Waals surface area (Å²) < 4.78 is 12.8. The predicted molar refractivity (Wildman–Crippen MR) is 246 cm³/mol. The first-order valence-corrected chi connectivity index (χ1v) is 24.3. The number of nitrogens with zero attached hydrogens (tertiary/aromatic N) is 2. The first kappa shape index (κ1) is 46.0. The number of anilines is 2. The molecule has 2 unspecified atom stereocenters. The molecule has 2 aromatic heterocycles. The van der Waals surface area contributed by atoms with Gasteiger partial charge in [0.25, 0.3) is 11.8 Å². The van der Waals surface area contributed by atoms with Crippen molar-refractivity contribution in [3.05, 3.63) is 56.6 Å². The van der Waals surface area contributed by atoms with Gasteiger partial charge in [-0.2, -0.15) is 0 Å². The van der Waals surface area contributed by atoms with E-state index < -0.39 is 35.2 Å². The molecule has 2 amide bonds. The third kappa shape index (κ3) is 10.3. The number of hydrogen-bond donors (Lipinski definition) is 2. The number of esters is 1. The van der Waals surface area contributed by atoms with E-state index in [1.54, 1.807) is 30.6 Å². The number of carboxylic acid groups (broad SMARTS) is 1. The summed E-state index contributed by atoms with van der Waals surface area (Å²) in [4.78, 5) is 62.8. The van der Waals surface area contributed by atoms with Gasteiger partial charge in [0, 0.05) is 16.3 Å². The smallest absolute Gasteiger partial charge is 0.351 e. The van der Waals surface area contributed by atoms with Gasteiger partial charge in [-0.05, 0) is 129 Å². The van der Waals surface area contributed by atoms with Crippen LogP contribution >= 0.6 is 22.7 Å². The van der Waals surface area contributed by atoms with Gasteiger partial charge in [-0.3, -0.25) is 9.59 Å². The molecular weight excluding hydrogens is 821 g/mol. The van der Waals surface area contributed by atoms with E-state index in [0.29, 0.717) is 35.5 Å². The minimum Gasteiger partial charge on any atom is -0.477 e. The van der Waals surface area contributed by atoms with E-state index in [0.717, 1.165) is 91.5 Å². The first-order chi connectivity index (χ1) is 29.3. The molecule has 1 aromatic carbocycles. The van der Waals surface area contributed by atoms with Crippen LogP contribution in [-0.2, 0) is 19.1 Å². The highest BCUT2D eigenvalue weighted by Gasteiger charge is 2.50. The Balaban J connectivity index is 1.27. The third-order valence-electron chi connectivity index (χ3n) is 13.2. The van der Waals surface area contributed by atoms with Crippen molar-refractivity contribution in [2.45, 2.75) is 168 Å². The number of aromatic carboxylic acids is 1. The van der Waals surface area contributed by atoms with Crippen LogP contribution in [0.3, 0.4) is 0 Å². The average Bonchev–Trinajstić information content (AvgIpc) is 3.87. The third-order valence-corrected chi connectivity index (χ3v) is 15.4. The lowest BCUT2D eigenvalue weighted by Gasteiger charge is -2.48. The van der Waals surface area contributed by atoms with Crippen LogP contribution in [0.15, 0.2) is 36.4 Å². The molecule has 4 atom stereocenters. The van der Waals surface area contributed by atoms with E-state index >= 15 is 4.79 Å². The number of thiophene rings is 2. The second-order valence-corrected chi connectivity index (χ2v) is 22.1. The van der Waals surface area contributed by atoms with Gasteiger partial charge in [0.15, 0.2) is 6.10 Å². The van der Waals surface area contributed by atoms with Crippen molar-refractivity contribution >= 4 is 57.8 Å². The minimum absolute atomic E-state index is 0.0801. The van der Waals surface area contributed by atoms with Crippen LogP contribution in [0.25, 0.3) is 10.4 Å². The Hall–Kier alpha value is -4.02. The second kappa shape index (κ2) is 18.6. The van der Waals surface area contributed by atoms with Gasteiger partial charge in [0.1, 0.15) is 15.4 Å². The maximum atomic E-state index is 15.0. The number of carbonyl (C=O) groups excluding carboxylic acids is 3. The van der Waals surface area contributed by atoms with Gasteiger partial charge < -0.3 is 29.5 Å².